The van der Waals surface area contributed by atoms with E-state index in [9.17, 15) is 9.59 Å². The molecular weight excluding hydrogens is 416 g/mol. The molecule has 0 spiro atoms. The van der Waals surface area contributed by atoms with E-state index in [1.165, 1.54) is 0 Å². The molecule has 1 fully saturated rings. The number of anilines is 1. The van der Waals surface area contributed by atoms with Crippen LogP contribution < -0.4 is 5.32 Å². The smallest absolute Gasteiger partial charge is 0.228 e. The minimum Gasteiger partial charge on any atom is -0.373 e. The summed E-state index contributed by atoms with van der Waals surface area (Å²) in [4.78, 5) is 42.2. The highest BCUT2D eigenvalue weighted by Crippen LogP contribution is 2.29. The first-order valence-electron chi connectivity index (χ1n) is 11.0. The van der Waals surface area contributed by atoms with Gasteiger partial charge in [0.25, 0.3) is 0 Å². The Kier molecular flexibility index (Phi) is 6.92. The molecule has 1 aliphatic heterocycles. The molecule has 0 bridgehead atoms. The number of carbonyl (C=O) groups is 2. The second-order valence-corrected chi connectivity index (χ2v) is 8.25. The Bertz CT molecular complexity index is 1110. The lowest BCUT2D eigenvalue weighted by Gasteiger charge is -2.19. The number of benzene rings is 1. The normalized spacial score (nSPS) is 15.5. The van der Waals surface area contributed by atoms with E-state index in [1.807, 2.05) is 59.5 Å². The predicted molar refractivity (Wildman–Crippen MR) is 125 cm³/mol. The standard InChI is InChI=1S/C25H28N6O2/c1-26-22-14-21(19-12-25(33)31(16-19)15-18-8-4-3-5-9-18)28-23(29-22)17-30(2)24(32)13-20-10-6-7-11-27-20/h3-11,14,19H,12-13,15-17H2,1-2H3,(H,26,28,29). The van der Waals surface area contributed by atoms with Crippen LogP contribution in [0.25, 0.3) is 0 Å². The van der Waals surface area contributed by atoms with E-state index < -0.39 is 0 Å². The Labute approximate surface area is 193 Å². The van der Waals surface area contributed by atoms with Crippen LogP contribution in [0.2, 0.25) is 0 Å². The van der Waals surface area contributed by atoms with Crippen molar-refractivity contribution in [3.63, 3.8) is 0 Å². The minimum atomic E-state index is -0.0567. The monoisotopic (exact) mass is 444 g/mol. The Hall–Kier alpha value is -3.81. The molecule has 0 aliphatic carbocycles. The number of hydrogen-bond acceptors (Lipinski definition) is 6. The molecule has 170 valence electrons. The molecule has 0 radical (unpaired) electrons. The van der Waals surface area contributed by atoms with E-state index in [2.05, 4.69) is 15.3 Å². The first-order chi connectivity index (χ1) is 16.0. The quantitative estimate of drug-likeness (QED) is 0.574. The van der Waals surface area contributed by atoms with Crippen LogP contribution in [0.5, 0.6) is 0 Å². The number of likely N-dealkylation sites (N-methyl/N-ethyl adjacent to an activating group) is 1. The van der Waals surface area contributed by atoms with Gasteiger partial charge in [-0.1, -0.05) is 36.4 Å². The molecule has 1 N–H and O–H groups in total. The Balaban J connectivity index is 1.45. The summed E-state index contributed by atoms with van der Waals surface area (Å²) in [6, 6.07) is 17.4. The van der Waals surface area contributed by atoms with Crippen LogP contribution in [0.4, 0.5) is 5.82 Å². The number of nitrogens with one attached hydrogen (secondary N) is 1. The van der Waals surface area contributed by atoms with Gasteiger partial charge in [0.2, 0.25) is 11.8 Å². The summed E-state index contributed by atoms with van der Waals surface area (Å²) in [5.74, 6) is 1.28. The van der Waals surface area contributed by atoms with Gasteiger partial charge >= 0.3 is 0 Å². The SMILES string of the molecule is CNc1cc(C2CC(=O)N(Cc3ccccc3)C2)nc(CN(C)C(=O)Cc2ccccn2)n1. The number of rotatable bonds is 8. The lowest BCUT2D eigenvalue weighted by molar-refractivity contribution is -0.130. The fourth-order valence-electron chi connectivity index (χ4n) is 3.95. The van der Waals surface area contributed by atoms with Crippen LogP contribution in [0.15, 0.2) is 60.8 Å². The molecule has 1 aliphatic rings. The summed E-state index contributed by atoms with van der Waals surface area (Å²) in [6.07, 6.45) is 2.32. The molecule has 8 nitrogen and oxygen atoms in total. The Morgan fingerprint density at radius 1 is 1.15 bits per heavy atom. The van der Waals surface area contributed by atoms with Gasteiger partial charge in [0.05, 0.1) is 18.7 Å². The summed E-state index contributed by atoms with van der Waals surface area (Å²) in [6.45, 7) is 1.49. The van der Waals surface area contributed by atoms with Gasteiger partial charge < -0.3 is 15.1 Å². The largest absolute Gasteiger partial charge is 0.373 e. The average Bonchev–Trinajstić information content (AvgIpc) is 3.20. The van der Waals surface area contributed by atoms with Crippen LogP contribution in [0.1, 0.15) is 35.1 Å². The predicted octanol–water partition coefficient (Wildman–Crippen LogP) is 2.63. The van der Waals surface area contributed by atoms with Gasteiger partial charge in [-0.15, -0.1) is 0 Å². The zero-order valence-electron chi connectivity index (χ0n) is 18.9. The van der Waals surface area contributed by atoms with Crippen molar-refractivity contribution in [3.05, 3.63) is 83.6 Å². The third kappa shape index (κ3) is 5.71. The molecule has 1 unspecified atom stereocenters. The lowest BCUT2D eigenvalue weighted by Crippen LogP contribution is -2.29. The molecule has 1 atom stereocenters. The molecule has 1 aromatic carbocycles. The van der Waals surface area contributed by atoms with Crippen molar-refractivity contribution in [1.82, 2.24) is 24.8 Å². The van der Waals surface area contributed by atoms with Crippen LogP contribution in [0, 0.1) is 0 Å². The van der Waals surface area contributed by atoms with E-state index in [1.54, 1.807) is 25.2 Å². The number of pyridine rings is 1. The number of hydrogen-bond donors (Lipinski definition) is 1. The molecular formula is C25H28N6O2. The number of likely N-dealkylation sites (tertiary alicyclic amines) is 1. The Morgan fingerprint density at radius 3 is 2.67 bits per heavy atom. The molecule has 4 rings (SSSR count). The highest BCUT2D eigenvalue weighted by atomic mass is 16.2. The molecule has 8 heteroatoms. The highest BCUT2D eigenvalue weighted by molar-refractivity contribution is 5.80. The number of amides is 2. The molecule has 1 saturated heterocycles. The van der Waals surface area contributed by atoms with E-state index in [-0.39, 0.29) is 30.7 Å². The third-order valence-electron chi connectivity index (χ3n) is 5.76. The van der Waals surface area contributed by atoms with E-state index in [0.717, 1.165) is 17.0 Å². The van der Waals surface area contributed by atoms with Gasteiger partial charge in [0.1, 0.15) is 11.6 Å². The number of nitrogens with zero attached hydrogens (tertiary/aromatic N) is 5. The van der Waals surface area contributed by atoms with E-state index >= 15 is 0 Å². The van der Waals surface area contributed by atoms with Crippen molar-refractivity contribution >= 4 is 17.6 Å². The molecule has 2 aromatic heterocycles. The minimum absolute atomic E-state index is 0.00964. The Morgan fingerprint density at radius 2 is 1.94 bits per heavy atom. The van der Waals surface area contributed by atoms with Crippen LogP contribution in [-0.2, 0) is 29.1 Å². The molecule has 3 heterocycles. The molecule has 3 aromatic rings. The van der Waals surface area contributed by atoms with Crippen LogP contribution in [0.3, 0.4) is 0 Å². The third-order valence-corrected chi connectivity index (χ3v) is 5.76. The molecule has 33 heavy (non-hydrogen) atoms. The molecule has 0 saturated carbocycles. The van der Waals surface area contributed by atoms with Gasteiger partial charge in [-0.05, 0) is 17.7 Å². The fraction of sp³-hybridized carbons (Fsp3) is 0.320. The second kappa shape index (κ2) is 10.2. The van der Waals surface area contributed by atoms with Crippen LogP contribution >= 0.6 is 0 Å². The maximum atomic E-state index is 12.7. The highest BCUT2D eigenvalue weighted by Gasteiger charge is 2.32. The zero-order valence-corrected chi connectivity index (χ0v) is 18.9. The van der Waals surface area contributed by atoms with Crippen molar-refractivity contribution in [1.29, 1.82) is 0 Å². The van der Waals surface area contributed by atoms with Gasteiger partial charge in [-0.25, -0.2) is 9.97 Å². The summed E-state index contributed by atoms with van der Waals surface area (Å²) in [5.41, 5.74) is 2.65. The van der Waals surface area contributed by atoms with Crippen molar-refractivity contribution in [2.24, 2.45) is 0 Å². The van der Waals surface area contributed by atoms with Crippen LogP contribution in [-0.4, -0.2) is 57.2 Å². The van der Waals surface area contributed by atoms with E-state index in [4.69, 9.17) is 4.98 Å². The first-order valence-corrected chi connectivity index (χ1v) is 11.0. The summed E-state index contributed by atoms with van der Waals surface area (Å²) < 4.78 is 0. The van der Waals surface area contributed by atoms with Gasteiger partial charge in [-0.3, -0.25) is 14.6 Å². The lowest BCUT2D eigenvalue weighted by atomic mass is 10.0. The average molecular weight is 445 g/mol. The van der Waals surface area contributed by atoms with Crippen molar-refractivity contribution in [2.45, 2.75) is 31.8 Å². The van der Waals surface area contributed by atoms with Gasteiger partial charge in [0.15, 0.2) is 0 Å². The van der Waals surface area contributed by atoms with E-state index in [0.29, 0.717) is 31.2 Å². The summed E-state index contributed by atoms with van der Waals surface area (Å²) >= 11 is 0. The topological polar surface area (TPSA) is 91.3 Å². The number of carbonyl (C=O) groups excluding carboxylic acids is 2. The first kappa shape index (κ1) is 22.4. The van der Waals surface area contributed by atoms with Crippen molar-refractivity contribution < 1.29 is 9.59 Å². The van der Waals surface area contributed by atoms with Crippen molar-refractivity contribution in [2.75, 3.05) is 26.0 Å². The maximum absolute atomic E-state index is 12.7. The second-order valence-electron chi connectivity index (χ2n) is 8.25. The fourth-order valence-corrected chi connectivity index (χ4v) is 3.95. The van der Waals surface area contributed by atoms with Gasteiger partial charge in [-0.2, -0.15) is 0 Å². The molecule has 2 amide bonds. The maximum Gasteiger partial charge on any atom is 0.228 e. The summed E-state index contributed by atoms with van der Waals surface area (Å²) in [5, 5.41) is 3.07. The van der Waals surface area contributed by atoms with Crippen molar-refractivity contribution in [3.8, 4) is 0 Å². The number of aromatic nitrogens is 3. The zero-order chi connectivity index (χ0) is 23.2. The van der Waals surface area contributed by atoms with Gasteiger partial charge in [0, 0.05) is 57.5 Å². The summed E-state index contributed by atoms with van der Waals surface area (Å²) in [7, 11) is 3.54.